The smallest absolute Gasteiger partial charge is 0.387 e. The molecule has 1 heterocycles. The Kier molecular flexibility index (Phi) is 6.02. The molecule has 1 amide bonds. The molecule has 1 aliphatic rings. The maximum atomic E-state index is 13.5. The van der Waals surface area contributed by atoms with E-state index in [1.54, 1.807) is 0 Å². The van der Waals surface area contributed by atoms with Gasteiger partial charge in [-0.3, -0.25) is 4.79 Å². The van der Waals surface area contributed by atoms with Crippen LogP contribution in [-0.4, -0.2) is 38.3 Å². The standard InChI is InChI=1S/C14H17F3N2O3/c15-11-7-9(1-2-12(11)22-14(16)17)19-13(20)8-21-10-3-5-18-6-4-10/h1-2,7,10,14,18H,3-6,8H2,(H,19,20). The molecule has 2 rings (SSSR count). The Balaban J connectivity index is 1.82. The molecule has 1 aromatic carbocycles. The number of nitrogens with one attached hydrogen (secondary N) is 2. The molecule has 1 fully saturated rings. The van der Waals surface area contributed by atoms with Crippen molar-refractivity contribution in [3.05, 3.63) is 24.0 Å². The van der Waals surface area contributed by atoms with Gasteiger partial charge in [-0.2, -0.15) is 8.78 Å². The van der Waals surface area contributed by atoms with Gasteiger partial charge in [-0.25, -0.2) is 4.39 Å². The molecular weight excluding hydrogens is 301 g/mol. The van der Waals surface area contributed by atoms with Gasteiger partial charge in [-0.05, 0) is 38.1 Å². The second-order valence-electron chi connectivity index (χ2n) is 4.83. The minimum atomic E-state index is -3.10. The van der Waals surface area contributed by atoms with Crippen LogP contribution in [0.4, 0.5) is 18.9 Å². The van der Waals surface area contributed by atoms with E-state index < -0.39 is 24.1 Å². The fourth-order valence-corrected chi connectivity index (χ4v) is 2.12. The van der Waals surface area contributed by atoms with E-state index in [9.17, 15) is 18.0 Å². The maximum absolute atomic E-state index is 13.5. The predicted molar refractivity (Wildman–Crippen MR) is 73.5 cm³/mol. The van der Waals surface area contributed by atoms with Gasteiger partial charge >= 0.3 is 6.61 Å². The third-order valence-corrected chi connectivity index (χ3v) is 3.17. The molecule has 0 bridgehead atoms. The Morgan fingerprint density at radius 1 is 1.36 bits per heavy atom. The van der Waals surface area contributed by atoms with Crippen molar-refractivity contribution in [1.29, 1.82) is 0 Å². The van der Waals surface area contributed by atoms with Crippen molar-refractivity contribution in [2.24, 2.45) is 0 Å². The highest BCUT2D eigenvalue weighted by Crippen LogP contribution is 2.22. The van der Waals surface area contributed by atoms with Crippen molar-refractivity contribution >= 4 is 11.6 Å². The van der Waals surface area contributed by atoms with Gasteiger partial charge in [0.1, 0.15) is 6.61 Å². The number of carbonyl (C=O) groups is 1. The lowest BCUT2D eigenvalue weighted by atomic mass is 10.1. The summed E-state index contributed by atoms with van der Waals surface area (Å²) in [6, 6.07) is 3.23. The number of halogens is 3. The van der Waals surface area contributed by atoms with Crippen LogP contribution in [0, 0.1) is 5.82 Å². The summed E-state index contributed by atoms with van der Waals surface area (Å²) in [5.74, 6) is -1.98. The Bertz CT molecular complexity index is 508. The largest absolute Gasteiger partial charge is 0.432 e. The molecule has 122 valence electrons. The molecule has 0 saturated carbocycles. The monoisotopic (exact) mass is 318 g/mol. The highest BCUT2D eigenvalue weighted by molar-refractivity contribution is 5.91. The first kappa shape index (κ1) is 16.6. The minimum Gasteiger partial charge on any atom is -0.432 e. The summed E-state index contributed by atoms with van der Waals surface area (Å²) in [4.78, 5) is 11.7. The molecule has 2 N–H and O–H groups in total. The van der Waals surface area contributed by atoms with Crippen molar-refractivity contribution in [2.75, 3.05) is 25.0 Å². The maximum Gasteiger partial charge on any atom is 0.387 e. The summed E-state index contributed by atoms with van der Waals surface area (Å²) in [6.07, 6.45) is 1.70. The average Bonchev–Trinajstić information content (AvgIpc) is 2.49. The van der Waals surface area contributed by atoms with Crippen LogP contribution in [0.2, 0.25) is 0 Å². The topological polar surface area (TPSA) is 59.6 Å². The van der Waals surface area contributed by atoms with Gasteiger partial charge in [0.05, 0.1) is 6.10 Å². The highest BCUT2D eigenvalue weighted by atomic mass is 19.3. The number of anilines is 1. The third kappa shape index (κ3) is 5.19. The summed E-state index contributed by atoms with van der Waals surface area (Å²) < 4.78 is 46.9. The number of amides is 1. The molecule has 8 heteroatoms. The van der Waals surface area contributed by atoms with E-state index in [0.717, 1.165) is 38.1 Å². The van der Waals surface area contributed by atoms with Gasteiger partial charge in [0, 0.05) is 11.8 Å². The lowest BCUT2D eigenvalue weighted by Gasteiger charge is -2.22. The van der Waals surface area contributed by atoms with Crippen LogP contribution in [0.15, 0.2) is 18.2 Å². The number of alkyl halides is 2. The van der Waals surface area contributed by atoms with Gasteiger partial charge < -0.3 is 20.1 Å². The summed E-state index contributed by atoms with van der Waals surface area (Å²) in [5.41, 5.74) is 0.151. The van der Waals surface area contributed by atoms with Crippen molar-refractivity contribution in [2.45, 2.75) is 25.6 Å². The number of benzene rings is 1. The molecule has 1 aromatic rings. The van der Waals surface area contributed by atoms with Crippen molar-refractivity contribution < 1.29 is 27.4 Å². The van der Waals surface area contributed by atoms with Crippen LogP contribution in [-0.2, 0) is 9.53 Å². The first-order valence-electron chi connectivity index (χ1n) is 6.91. The summed E-state index contributed by atoms with van der Waals surface area (Å²) in [5, 5.41) is 5.62. The van der Waals surface area contributed by atoms with E-state index in [2.05, 4.69) is 15.4 Å². The summed E-state index contributed by atoms with van der Waals surface area (Å²) >= 11 is 0. The fourth-order valence-electron chi connectivity index (χ4n) is 2.12. The van der Waals surface area contributed by atoms with Crippen LogP contribution in [0.5, 0.6) is 5.75 Å². The van der Waals surface area contributed by atoms with Crippen molar-refractivity contribution in [3.63, 3.8) is 0 Å². The van der Waals surface area contributed by atoms with Gasteiger partial charge in [0.15, 0.2) is 11.6 Å². The van der Waals surface area contributed by atoms with Crippen molar-refractivity contribution in [1.82, 2.24) is 5.32 Å². The SMILES string of the molecule is O=C(COC1CCNCC1)Nc1ccc(OC(F)F)c(F)c1. The van der Waals surface area contributed by atoms with Crippen LogP contribution in [0.1, 0.15) is 12.8 Å². The molecular formula is C14H17F3N2O3. The molecule has 0 radical (unpaired) electrons. The molecule has 5 nitrogen and oxygen atoms in total. The average molecular weight is 318 g/mol. The van der Waals surface area contributed by atoms with Gasteiger partial charge in [-0.15, -0.1) is 0 Å². The highest BCUT2D eigenvalue weighted by Gasteiger charge is 2.15. The van der Waals surface area contributed by atoms with Crippen LogP contribution in [0.3, 0.4) is 0 Å². The molecule has 0 atom stereocenters. The van der Waals surface area contributed by atoms with Gasteiger partial charge in [0.2, 0.25) is 5.91 Å². The first-order valence-corrected chi connectivity index (χ1v) is 6.91. The third-order valence-electron chi connectivity index (χ3n) is 3.17. The van der Waals surface area contributed by atoms with Crippen LogP contribution < -0.4 is 15.4 Å². The van der Waals surface area contributed by atoms with Crippen LogP contribution >= 0.6 is 0 Å². The second-order valence-corrected chi connectivity index (χ2v) is 4.83. The number of rotatable bonds is 6. The zero-order valence-corrected chi connectivity index (χ0v) is 11.8. The second kappa shape index (κ2) is 8.00. The van der Waals surface area contributed by atoms with E-state index in [1.165, 1.54) is 6.07 Å². The molecule has 1 saturated heterocycles. The van der Waals surface area contributed by atoms with Gasteiger partial charge in [0.25, 0.3) is 0 Å². The van der Waals surface area contributed by atoms with E-state index in [0.29, 0.717) is 0 Å². The molecule has 0 spiro atoms. The molecule has 1 aliphatic heterocycles. The molecule has 0 aliphatic carbocycles. The zero-order valence-electron chi connectivity index (χ0n) is 11.8. The lowest BCUT2D eigenvalue weighted by Crippen LogP contribution is -2.34. The van der Waals surface area contributed by atoms with Crippen molar-refractivity contribution in [3.8, 4) is 5.75 Å². The minimum absolute atomic E-state index is 0.0329. The first-order chi connectivity index (χ1) is 10.5. The Hall–Kier alpha value is -1.80. The van der Waals surface area contributed by atoms with E-state index in [-0.39, 0.29) is 18.4 Å². The Labute approximate surface area is 125 Å². The molecule has 22 heavy (non-hydrogen) atoms. The summed E-state index contributed by atoms with van der Waals surface area (Å²) in [6.45, 7) is -1.54. The Morgan fingerprint density at radius 3 is 2.73 bits per heavy atom. The van der Waals surface area contributed by atoms with Gasteiger partial charge in [-0.1, -0.05) is 0 Å². The number of piperidine rings is 1. The number of carbonyl (C=O) groups excluding carboxylic acids is 1. The fraction of sp³-hybridized carbons (Fsp3) is 0.500. The quantitative estimate of drug-likeness (QED) is 0.844. The predicted octanol–water partition coefficient (Wildman–Crippen LogP) is 2.13. The number of hydrogen-bond acceptors (Lipinski definition) is 4. The zero-order chi connectivity index (χ0) is 15.9. The van der Waals surface area contributed by atoms with E-state index >= 15 is 0 Å². The van der Waals surface area contributed by atoms with Crippen LogP contribution in [0.25, 0.3) is 0 Å². The Morgan fingerprint density at radius 2 is 2.09 bits per heavy atom. The van der Waals surface area contributed by atoms with E-state index in [1.807, 2.05) is 0 Å². The lowest BCUT2D eigenvalue weighted by molar-refractivity contribution is -0.123. The normalized spacial score (nSPS) is 15.8. The number of hydrogen-bond donors (Lipinski definition) is 2. The molecule has 0 unspecified atom stereocenters. The van der Waals surface area contributed by atoms with E-state index in [4.69, 9.17) is 4.74 Å². The summed E-state index contributed by atoms with van der Waals surface area (Å²) in [7, 11) is 0. The number of ether oxygens (including phenoxy) is 2. The molecule has 0 aromatic heterocycles.